The second kappa shape index (κ2) is 7.18. The number of nitrogens with one attached hydrogen (secondary N) is 1. The standard InChI is InChI=1S/C17H21FN2O/c1-12(2)9-20-10-14-6-7-19-11-17(14)21-16-8-15(18)5-4-13(16)3/h4-8,11-12,20H,9-10H2,1-3H3. The summed E-state index contributed by atoms with van der Waals surface area (Å²) in [4.78, 5) is 4.09. The minimum atomic E-state index is -0.307. The third-order valence-corrected chi connectivity index (χ3v) is 3.11. The molecule has 0 radical (unpaired) electrons. The first-order valence-corrected chi connectivity index (χ1v) is 7.14. The summed E-state index contributed by atoms with van der Waals surface area (Å²) < 4.78 is 19.2. The van der Waals surface area contributed by atoms with Crippen LogP contribution in [0.3, 0.4) is 0 Å². The van der Waals surface area contributed by atoms with Gasteiger partial charge in [0.1, 0.15) is 17.3 Å². The lowest BCUT2D eigenvalue weighted by atomic mass is 10.2. The van der Waals surface area contributed by atoms with Gasteiger partial charge in [-0.05, 0) is 37.1 Å². The van der Waals surface area contributed by atoms with E-state index in [1.54, 1.807) is 18.5 Å². The molecule has 0 aliphatic heterocycles. The van der Waals surface area contributed by atoms with E-state index in [0.717, 1.165) is 17.7 Å². The molecule has 0 fully saturated rings. The van der Waals surface area contributed by atoms with Crippen LogP contribution in [0.25, 0.3) is 0 Å². The van der Waals surface area contributed by atoms with Gasteiger partial charge in [-0.1, -0.05) is 19.9 Å². The lowest BCUT2D eigenvalue weighted by Gasteiger charge is -2.13. The van der Waals surface area contributed by atoms with Crippen LogP contribution in [0.1, 0.15) is 25.0 Å². The van der Waals surface area contributed by atoms with Crippen molar-refractivity contribution in [3.8, 4) is 11.5 Å². The van der Waals surface area contributed by atoms with Crippen molar-refractivity contribution in [3.63, 3.8) is 0 Å². The average Bonchev–Trinajstić information content (AvgIpc) is 2.44. The number of aromatic nitrogens is 1. The zero-order valence-electron chi connectivity index (χ0n) is 12.7. The van der Waals surface area contributed by atoms with Crippen molar-refractivity contribution >= 4 is 0 Å². The third kappa shape index (κ3) is 4.53. The average molecular weight is 288 g/mol. The van der Waals surface area contributed by atoms with E-state index in [-0.39, 0.29) is 5.82 Å². The molecule has 21 heavy (non-hydrogen) atoms. The van der Waals surface area contributed by atoms with Crippen molar-refractivity contribution in [1.29, 1.82) is 0 Å². The minimum Gasteiger partial charge on any atom is -0.455 e. The summed E-state index contributed by atoms with van der Waals surface area (Å²) >= 11 is 0. The lowest BCUT2D eigenvalue weighted by Crippen LogP contribution is -2.19. The van der Waals surface area contributed by atoms with Crippen molar-refractivity contribution in [2.24, 2.45) is 5.92 Å². The zero-order chi connectivity index (χ0) is 15.2. The van der Waals surface area contributed by atoms with E-state index < -0.39 is 0 Å². The summed E-state index contributed by atoms with van der Waals surface area (Å²) in [7, 11) is 0. The molecule has 0 amide bonds. The summed E-state index contributed by atoms with van der Waals surface area (Å²) in [5.74, 6) is 1.45. The molecule has 0 bridgehead atoms. The maximum Gasteiger partial charge on any atom is 0.150 e. The topological polar surface area (TPSA) is 34.1 Å². The SMILES string of the molecule is Cc1ccc(F)cc1Oc1cnccc1CNCC(C)C. The molecule has 1 aromatic heterocycles. The Balaban J connectivity index is 2.14. The van der Waals surface area contributed by atoms with E-state index in [1.165, 1.54) is 12.1 Å². The first kappa shape index (κ1) is 15.4. The second-order valence-electron chi connectivity index (χ2n) is 5.52. The Morgan fingerprint density at radius 2 is 2.05 bits per heavy atom. The van der Waals surface area contributed by atoms with Crippen molar-refractivity contribution in [2.45, 2.75) is 27.3 Å². The van der Waals surface area contributed by atoms with E-state index in [4.69, 9.17) is 4.74 Å². The minimum absolute atomic E-state index is 0.307. The first-order valence-electron chi connectivity index (χ1n) is 7.14. The van der Waals surface area contributed by atoms with Crippen LogP contribution in [0.4, 0.5) is 4.39 Å². The number of ether oxygens (including phenoxy) is 1. The number of aryl methyl sites for hydroxylation is 1. The van der Waals surface area contributed by atoms with Gasteiger partial charge in [-0.3, -0.25) is 4.98 Å². The molecule has 1 aromatic carbocycles. The fourth-order valence-electron chi connectivity index (χ4n) is 1.94. The van der Waals surface area contributed by atoms with E-state index in [9.17, 15) is 4.39 Å². The van der Waals surface area contributed by atoms with E-state index >= 15 is 0 Å². The fourth-order valence-corrected chi connectivity index (χ4v) is 1.94. The molecule has 0 aliphatic carbocycles. The Labute approximate surface area is 125 Å². The first-order chi connectivity index (χ1) is 10.1. The van der Waals surface area contributed by atoms with Gasteiger partial charge in [-0.15, -0.1) is 0 Å². The van der Waals surface area contributed by atoms with Crippen LogP contribution in [0.2, 0.25) is 0 Å². The number of hydrogen-bond acceptors (Lipinski definition) is 3. The van der Waals surface area contributed by atoms with Crippen molar-refractivity contribution < 1.29 is 9.13 Å². The molecule has 2 aromatic rings. The molecule has 3 nitrogen and oxygen atoms in total. The summed E-state index contributed by atoms with van der Waals surface area (Å²) in [6, 6.07) is 6.44. The molecule has 1 N–H and O–H groups in total. The molecule has 0 saturated carbocycles. The molecule has 4 heteroatoms. The van der Waals surface area contributed by atoms with Crippen molar-refractivity contribution in [2.75, 3.05) is 6.54 Å². The highest BCUT2D eigenvalue weighted by Gasteiger charge is 2.08. The van der Waals surface area contributed by atoms with Gasteiger partial charge in [-0.25, -0.2) is 4.39 Å². The van der Waals surface area contributed by atoms with Crippen LogP contribution in [0.5, 0.6) is 11.5 Å². The number of rotatable bonds is 6. The number of pyridine rings is 1. The Hall–Kier alpha value is -1.94. The van der Waals surface area contributed by atoms with Crippen LogP contribution in [0, 0.1) is 18.7 Å². The highest BCUT2D eigenvalue weighted by atomic mass is 19.1. The van der Waals surface area contributed by atoms with Gasteiger partial charge >= 0.3 is 0 Å². The molecular formula is C17H21FN2O. The Morgan fingerprint density at radius 1 is 1.24 bits per heavy atom. The van der Waals surface area contributed by atoms with Gasteiger partial charge in [0.25, 0.3) is 0 Å². The predicted octanol–water partition coefficient (Wildman–Crippen LogP) is 4.07. The fraction of sp³-hybridized carbons (Fsp3) is 0.353. The molecule has 0 spiro atoms. The van der Waals surface area contributed by atoms with Crippen LogP contribution in [-0.4, -0.2) is 11.5 Å². The molecule has 0 aliphatic rings. The highest BCUT2D eigenvalue weighted by Crippen LogP contribution is 2.27. The van der Waals surface area contributed by atoms with E-state index in [0.29, 0.717) is 24.0 Å². The van der Waals surface area contributed by atoms with Crippen LogP contribution in [-0.2, 0) is 6.54 Å². The van der Waals surface area contributed by atoms with Gasteiger partial charge in [0.05, 0.1) is 6.20 Å². The van der Waals surface area contributed by atoms with Crippen molar-refractivity contribution in [1.82, 2.24) is 10.3 Å². The number of hydrogen-bond donors (Lipinski definition) is 1. The van der Waals surface area contributed by atoms with Crippen LogP contribution < -0.4 is 10.1 Å². The smallest absolute Gasteiger partial charge is 0.150 e. The van der Waals surface area contributed by atoms with Gasteiger partial charge in [-0.2, -0.15) is 0 Å². The van der Waals surface area contributed by atoms with Crippen molar-refractivity contribution in [3.05, 3.63) is 53.6 Å². The molecule has 1 heterocycles. The van der Waals surface area contributed by atoms with Gasteiger partial charge in [0.2, 0.25) is 0 Å². The van der Waals surface area contributed by atoms with E-state index in [1.807, 2.05) is 13.0 Å². The maximum absolute atomic E-state index is 13.3. The van der Waals surface area contributed by atoms with Gasteiger partial charge in [0.15, 0.2) is 0 Å². The normalized spacial score (nSPS) is 10.9. The molecular weight excluding hydrogens is 267 g/mol. The van der Waals surface area contributed by atoms with Gasteiger partial charge in [0, 0.05) is 24.4 Å². The number of nitrogens with zero attached hydrogens (tertiary/aromatic N) is 1. The predicted molar refractivity (Wildman–Crippen MR) is 82.0 cm³/mol. The third-order valence-electron chi connectivity index (χ3n) is 3.11. The van der Waals surface area contributed by atoms with Gasteiger partial charge < -0.3 is 10.1 Å². The molecule has 0 unspecified atom stereocenters. The molecule has 112 valence electrons. The Bertz CT molecular complexity index is 599. The maximum atomic E-state index is 13.3. The number of halogens is 1. The zero-order valence-corrected chi connectivity index (χ0v) is 12.7. The largest absolute Gasteiger partial charge is 0.455 e. The Morgan fingerprint density at radius 3 is 2.81 bits per heavy atom. The summed E-state index contributed by atoms with van der Waals surface area (Å²) in [6.45, 7) is 7.84. The van der Waals surface area contributed by atoms with Crippen LogP contribution >= 0.6 is 0 Å². The molecule has 0 atom stereocenters. The summed E-state index contributed by atoms with van der Waals surface area (Å²) in [5, 5.41) is 3.37. The second-order valence-corrected chi connectivity index (χ2v) is 5.52. The quantitative estimate of drug-likeness (QED) is 0.870. The monoisotopic (exact) mass is 288 g/mol. The molecule has 0 saturated heterocycles. The van der Waals surface area contributed by atoms with Crippen LogP contribution in [0.15, 0.2) is 36.7 Å². The highest BCUT2D eigenvalue weighted by molar-refractivity contribution is 5.39. The number of benzene rings is 1. The lowest BCUT2D eigenvalue weighted by molar-refractivity contribution is 0.459. The summed E-state index contributed by atoms with van der Waals surface area (Å²) in [5.41, 5.74) is 1.90. The Kier molecular flexibility index (Phi) is 5.28. The summed E-state index contributed by atoms with van der Waals surface area (Å²) in [6.07, 6.45) is 3.40. The molecule has 2 rings (SSSR count). The van der Waals surface area contributed by atoms with E-state index in [2.05, 4.69) is 24.1 Å².